The molecule has 1 amide bonds. The van der Waals surface area contributed by atoms with E-state index in [9.17, 15) is 4.79 Å². The number of likely N-dealkylation sites (N-methyl/N-ethyl adjacent to an activating group) is 1. The molecule has 1 N–H and O–H groups in total. The molecule has 3 heterocycles. The first-order valence-electron chi connectivity index (χ1n) is 10.4. The Balaban J connectivity index is 1.42. The largest absolute Gasteiger partial charge is 0.369 e. The Morgan fingerprint density at radius 3 is 2.63 bits per heavy atom. The lowest BCUT2D eigenvalue weighted by atomic mass is 10.1. The number of rotatable bonds is 6. The van der Waals surface area contributed by atoms with Crippen molar-refractivity contribution in [3.63, 3.8) is 0 Å². The average molecular weight is 441 g/mol. The number of aryl methyl sites for hydroxylation is 2. The molecule has 158 valence electrons. The van der Waals surface area contributed by atoms with Crippen molar-refractivity contribution in [3.8, 4) is 10.6 Å². The summed E-state index contributed by atoms with van der Waals surface area (Å²) in [5, 5.41) is 6.14. The fraction of sp³-hybridized carbons (Fsp3) is 0.391. The van der Waals surface area contributed by atoms with Gasteiger partial charge in [-0.2, -0.15) is 0 Å². The summed E-state index contributed by atoms with van der Waals surface area (Å²) in [6.45, 7) is 11.7. The van der Waals surface area contributed by atoms with Crippen molar-refractivity contribution in [3.05, 3.63) is 51.2 Å². The smallest absolute Gasteiger partial charge is 0.229 e. The molecular weight excluding hydrogens is 412 g/mol. The number of thiophene rings is 1. The van der Waals surface area contributed by atoms with Gasteiger partial charge in [-0.05, 0) is 55.6 Å². The third kappa shape index (κ3) is 4.74. The van der Waals surface area contributed by atoms with Gasteiger partial charge in [-0.3, -0.25) is 4.79 Å². The standard InChI is InChI=1S/C23H28N4OS2/c1-4-26-9-11-27(12-10-26)18-7-8-19(16(2)14-18)25-22(28)15-21-23(24-17(3)30-21)20-6-5-13-29-20/h5-8,13-14H,4,9-12,15H2,1-3H3,(H,25,28). The number of piperazine rings is 1. The van der Waals surface area contributed by atoms with Crippen LogP contribution in [0.25, 0.3) is 10.6 Å². The molecule has 7 heteroatoms. The van der Waals surface area contributed by atoms with Crippen LogP contribution >= 0.6 is 22.7 Å². The molecule has 0 unspecified atom stereocenters. The van der Waals surface area contributed by atoms with Gasteiger partial charge in [0, 0.05) is 42.4 Å². The van der Waals surface area contributed by atoms with E-state index in [0.717, 1.165) is 64.4 Å². The first kappa shape index (κ1) is 21.0. The van der Waals surface area contributed by atoms with Crippen LogP contribution in [0, 0.1) is 13.8 Å². The highest BCUT2D eigenvalue weighted by atomic mass is 32.1. The predicted molar refractivity (Wildman–Crippen MR) is 128 cm³/mol. The van der Waals surface area contributed by atoms with Gasteiger partial charge >= 0.3 is 0 Å². The van der Waals surface area contributed by atoms with Crippen molar-refractivity contribution < 1.29 is 4.79 Å². The Hall–Kier alpha value is -2.22. The number of nitrogens with one attached hydrogen (secondary N) is 1. The molecule has 0 atom stereocenters. The molecule has 1 saturated heterocycles. The van der Waals surface area contributed by atoms with E-state index in [1.807, 2.05) is 24.4 Å². The third-order valence-corrected chi connectivity index (χ3v) is 7.40. The number of aromatic nitrogens is 1. The van der Waals surface area contributed by atoms with E-state index in [2.05, 4.69) is 52.1 Å². The lowest BCUT2D eigenvalue weighted by Crippen LogP contribution is -2.46. The summed E-state index contributed by atoms with van der Waals surface area (Å²) < 4.78 is 0. The van der Waals surface area contributed by atoms with Gasteiger partial charge in [-0.25, -0.2) is 4.98 Å². The van der Waals surface area contributed by atoms with Gasteiger partial charge in [0.1, 0.15) is 0 Å². The molecular formula is C23H28N4OS2. The van der Waals surface area contributed by atoms with E-state index in [1.165, 1.54) is 5.69 Å². The molecule has 1 aliphatic heterocycles. The molecule has 0 spiro atoms. The summed E-state index contributed by atoms with van der Waals surface area (Å²) in [4.78, 5) is 24.5. The molecule has 1 aromatic carbocycles. The van der Waals surface area contributed by atoms with Crippen molar-refractivity contribution in [2.45, 2.75) is 27.2 Å². The second-order valence-corrected chi connectivity index (χ2v) is 9.86. The summed E-state index contributed by atoms with van der Waals surface area (Å²) in [7, 11) is 0. The summed E-state index contributed by atoms with van der Waals surface area (Å²) in [6.07, 6.45) is 0.346. The molecule has 0 bridgehead atoms. The van der Waals surface area contributed by atoms with E-state index >= 15 is 0 Å². The molecule has 2 aromatic heterocycles. The van der Waals surface area contributed by atoms with Crippen LogP contribution in [0.5, 0.6) is 0 Å². The zero-order valence-corrected chi connectivity index (χ0v) is 19.4. The second-order valence-electron chi connectivity index (χ2n) is 7.63. The fourth-order valence-electron chi connectivity index (χ4n) is 3.84. The molecule has 4 rings (SSSR count). The van der Waals surface area contributed by atoms with Crippen molar-refractivity contribution in [2.24, 2.45) is 0 Å². The van der Waals surface area contributed by atoms with Crippen LogP contribution in [0.4, 0.5) is 11.4 Å². The van der Waals surface area contributed by atoms with Crippen molar-refractivity contribution >= 4 is 40.0 Å². The topological polar surface area (TPSA) is 48.5 Å². The van der Waals surface area contributed by atoms with Gasteiger partial charge < -0.3 is 15.1 Å². The summed E-state index contributed by atoms with van der Waals surface area (Å²) in [5.74, 6) is 0.00358. The minimum Gasteiger partial charge on any atom is -0.369 e. The van der Waals surface area contributed by atoms with Crippen LogP contribution in [0.2, 0.25) is 0 Å². The zero-order chi connectivity index (χ0) is 21.1. The lowest BCUT2D eigenvalue weighted by Gasteiger charge is -2.35. The highest BCUT2D eigenvalue weighted by Crippen LogP contribution is 2.32. The van der Waals surface area contributed by atoms with Gasteiger partial charge in [-0.1, -0.05) is 13.0 Å². The number of thiazole rings is 1. The van der Waals surface area contributed by atoms with Gasteiger partial charge in [0.15, 0.2) is 0 Å². The number of nitrogens with zero attached hydrogens (tertiary/aromatic N) is 3. The van der Waals surface area contributed by atoms with Crippen LogP contribution < -0.4 is 10.2 Å². The third-order valence-electron chi connectivity index (χ3n) is 5.55. The van der Waals surface area contributed by atoms with Crippen LogP contribution in [0.3, 0.4) is 0 Å². The summed E-state index contributed by atoms with van der Waals surface area (Å²) in [5.41, 5.74) is 4.16. The van der Waals surface area contributed by atoms with E-state index < -0.39 is 0 Å². The lowest BCUT2D eigenvalue weighted by molar-refractivity contribution is -0.115. The molecule has 30 heavy (non-hydrogen) atoms. The van der Waals surface area contributed by atoms with Crippen LogP contribution in [-0.4, -0.2) is 48.5 Å². The minimum atomic E-state index is 0.00358. The summed E-state index contributed by atoms with van der Waals surface area (Å²) >= 11 is 3.26. The van der Waals surface area contributed by atoms with Crippen LogP contribution in [0.15, 0.2) is 35.7 Å². The average Bonchev–Trinajstić information content (AvgIpc) is 3.39. The van der Waals surface area contributed by atoms with E-state index in [0.29, 0.717) is 6.42 Å². The summed E-state index contributed by atoms with van der Waals surface area (Å²) in [6, 6.07) is 10.4. The van der Waals surface area contributed by atoms with Crippen molar-refractivity contribution in [1.82, 2.24) is 9.88 Å². The molecule has 0 saturated carbocycles. The maximum absolute atomic E-state index is 12.8. The number of carbonyl (C=O) groups is 1. The van der Waals surface area contributed by atoms with E-state index in [1.54, 1.807) is 22.7 Å². The Kier molecular flexibility index (Phi) is 6.51. The number of hydrogen-bond donors (Lipinski definition) is 1. The molecule has 0 radical (unpaired) electrons. The minimum absolute atomic E-state index is 0.00358. The molecule has 0 aliphatic carbocycles. The van der Waals surface area contributed by atoms with Crippen molar-refractivity contribution in [1.29, 1.82) is 0 Å². The Bertz CT molecular complexity index is 1000. The number of benzene rings is 1. The molecule has 1 aliphatic rings. The molecule has 5 nitrogen and oxygen atoms in total. The predicted octanol–water partition coefficient (Wildman–Crippen LogP) is 4.81. The Labute approximate surface area is 186 Å². The van der Waals surface area contributed by atoms with Crippen LogP contribution in [-0.2, 0) is 11.2 Å². The molecule has 1 fully saturated rings. The maximum Gasteiger partial charge on any atom is 0.229 e. The SMILES string of the molecule is CCN1CCN(c2ccc(NC(=O)Cc3sc(C)nc3-c3cccs3)c(C)c2)CC1. The second kappa shape index (κ2) is 9.29. The quantitative estimate of drug-likeness (QED) is 0.597. The van der Waals surface area contributed by atoms with E-state index in [-0.39, 0.29) is 5.91 Å². The van der Waals surface area contributed by atoms with Gasteiger partial charge in [0.05, 0.1) is 22.0 Å². The number of hydrogen-bond acceptors (Lipinski definition) is 6. The Morgan fingerprint density at radius 1 is 1.17 bits per heavy atom. The number of carbonyl (C=O) groups excluding carboxylic acids is 1. The van der Waals surface area contributed by atoms with Crippen LogP contribution in [0.1, 0.15) is 22.4 Å². The zero-order valence-electron chi connectivity index (χ0n) is 17.8. The number of amides is 1. The maximum atomic E-state index is 12.8. The fourth-order valence-corrected chi connectivity index (χ4v) is 5.60. The monoisotopic (exact) mass is 440 g/mol. The highest BCUT2D eigenvalue weighted by Gasteiger charge is 2.18. The van der Waals surface area contributed by atoms with Gasteiger partial charge in [0.25, 0.3) is 0 Å². The highest BCUT2D eigenvalue weighted by molar-refractivity contribution is 7.15. The Morgan fingerprint density at radius 2 is 1.97 bits per heavy atom. The first-order valence-corrected chi connectivity index (χ1v) is 12.1. The van der Waals surface area contributed by atoms with Gasteiger partial charge in [0.2, 0.25) is 5.91 Å². The van der Waals surface area contributed by atoms with Crippen molar-refractivity contribution in [2.75, 3.05) is 42.9 Å². The normalized spacial score (nSPS) is 14.8. The van der Waals surface area contributed by atoms with Gasteiger partial charge in [-0.15, -0.1) is 22.7 Å². The van der Waals surface area contributed by atoms with E-state index in [4.69, 9.17) is 0 Å². The first-order chi connectivity index (χ1) is 14.5. The molecule has 3 aromatic rings. The number of anilines is 2.